The molecule has 24 heavy (non-hydrogen) atoms. The summed E-state index contributed by atoms with van der Waals surface area (Å²) in [6, 6.07) is 14.0. The van der Waals surface area contributed by atoms with E-state index in [0.29, 0.717) is 13.1 Å². The SMILES string of the molecule is CCNC(=NCc1csc(-c2ccccc2)n1)NCc1ccco1. The molecule has 0 unspecified atom stereocenters. The molecule has 0 aliphatic rings. The van der Waals surface area contributed by atoms with Gasteiger partial charge in [-0.3, -0.25) is 0 Å². The minimum Gasteiger partial charge on any atom is -0.467 e. The summed E-state index contributed by atoms with van der Waals surface area (Å²) in [5, 5.41) is 9.56. The number of aromatic nitrogens is 1. The van der Waals surface area contributed by atoms with E-state index in [0.717, 1.165) is 34.5 Å². The zero-order valence-corrected chi connectivity index (χ0v) is 14.3. The number of aliphatic imine (C=N–C) groups is 1. The molecule has 124 valence electrons. The van der Waals surface area contributed by atoms with E-state index >= 15 is 0 Å². The maximum atomic E-state index is 5.32. The molecule has 6 heteroatoms. The van der Waals surface area contributed by atoms with Crippen molar-refractivity contribution < 1.29 is 4.42 Å². The van der Waals surface area contributed by atoms with Crippen LogP contribution >= 0.6 is 11.3 Å². The summed E-state index contributed by atoms with van der Waals surface area (Å²) in [5.74, 6) is 1.63. The Morgan fingerprint density at radius 1 is 1.17 bits per heavy atom. The first-order chi connectivity index (χ1) is 11.8. The van der Waals surface area contributed by atoms with Crippen molar-refractivity contribution in [1.82, 2.24) is 15.6 Å². The normalized spacial score (nSPS) is 11.5. The van der Waals surface area contributed by atoms with Crippen LogP contribution in [0.25, 0.3) is 10.6 Å². The molecule has 2 heterocycles. The molecule has 0 aliphatic carbocycles. The van der Waals surface area contributed by atoms with E-state index < -0.39 is 0 Å². The molecule has 0 aliphatic heterocycles. The summed E-state index contributed by atoms with van der Waals surface area (Å²) < 4.78 is 5.32. The molecular formula is C18H20N4OS. The summed E-state index contributed by atoms with van der Waals surface area (Å²) in [4.78, 5) is 9.25. The van der Waals surface area contributed by atoms with Gasteiger partial charge < -0.3 is 15.1 Å². The topological polar surface area (TPSA) is 62.5 Å². The summed E-state index contributed by atoms with van der Waals surface area (Å²) in [6.45, 7) is 3.98. The van der Waals surface area contributed by atoms with Crippen LogP contribution in [0.5, 0.6) is 0 Å². The van der Waals surface area contributed by atoms with Crippen molar-refractivity contribution in [2.45, 2.75) is 20.0 Å². The van der Waals surface area contributed by atoms with Crippen LogP contribution in [0.2, 0.25) is 0 Å². The van der Waals surface area contributed by atoms with Crippen molar-refractivity contribution in [3.63, 3.8) is 0 Å². The molecule has 3 aromatic rings. The maximum absolute atomic E-state index is 5.32. The third-order valence-corrected chi connectivity index (χ3v) is 4.27. The van der Waals surface area contributed by atoms with Gasteiger partial charge in [0.2, 0.25) is 0 Å². The molecule has 0 bridgehead atoms. The number of hydrogen-bond acceptors (Lipinski definition) is 4. The molecule has 5 nitrogen and oxygen atoms in total. The molecule has 0 saturated heterocycles. The minimum absolute atomic E-state index is 0.539. The Balaban J connectivity index is 1.62. The van der Waals surface area contributed by atoms with Crippen molar-refractivity contribution in [3.8, 4) is 10.6 Å². The van der Waals surface area contributed by atoms with Crippen molar-refractivity contribution in [1.29, 1.82) is 0 Å². The van der Waals surface area contributed by atoms with Crippen molar-refractivity contribution in [3.05, 3.63) is 65.6 Å². The second-order valence-corrected chi connectivity index (χ2v) is 6.00. The van der Waals surface area contributed by atoms with Crippen LogP contribution in [-0.4, -0.2) is 17.5 Å². The fraction of sp³-hybridized carbons (Fsp3) is 0.222. The molecule has 0 saturated carbocycles. The Labute approximate surface area is 145 Å². The highest BCUT2D eigenvalue weighted by Gasteiger charge is 2.05. The fourth-order valence-corrected chi connectivity index (χ4v) is 3.00. The lowest BCUT2D eigenvalue weighted by molar-refractivity contribution is 0.501. The first kappa shape index (κ1) is 16.3. The van der Waals surface area contributed by atoms with Crippen molar-refractivity contribution in [2.75, 3.05) is 6.54 Å². The van der Waals surface area contributed by atoms with Gasteiger partial charge in [0.1, 0.15) is 10.8 Å². The van der Waals surface area contributed by atoms with Gasteiger partial charge >= 0.3 is 0 Å². The first-order valence-electron chi connectivity index (χ1n) is 7.89. The van der Waals surface area contributed by atoms with E-state index in [-0.39, 0.29) is 0 Å². The van der Waals surface area contributed by atoms with Crippen LogP contribution in [0, 0.1) is 0 Å². The average molecular weight is 340 g/mol. The van der Waals surface area contributed by atoms with E-state index in [1.54, 1.807) is 17.6 Å². The van der Waals surface area contributed by atoms with Gasteiger partial charge in [0.15, 0.2) is 5.96 Å². The monoisotopic (exact) mass is 340 g/mol. The third kappa shape index (κ3) is 4.45. The molecule has 2 aromatic heterocycles. The summed E-state index contributed by atoms with van der Waals surface area (Å²) in [6.07, 6.45) is 1.67. The van der Waals surface area contributed by atoms with Gasteiger partial charge in [-0.1, -0.05) is 30.3 Å². The Morgan fingerprint density at radius 3 is 2.79 bits per heavy atom. The number of benzene rings is 1. The third-order valence-electron chi connectivity index (χ3n) is 3.33. The fourth-order valence-electron chi connectivity index (χ4n) is 2.18. The summed E-state index contributed by atoms with van der Waals surface area (Å²) in [7, 11) is 0. The first-order valence-corrected chi connectivity index (χ1v) is 8.77. The number of thiazole rings is 1. The smallest absolute Gasteiger partial charge is 0.192 e. The molecule has 1 aromatic carbocycles. The second-order valence-electron chi connectivity index (χ2n) is 5.14. The van der Waals surface area contributed by atoms with E-state index in [9.17, 15) is 0 Å². The molecule has 0 radical (unpaired) electrons. The van der Waals surface area contributed by atoms with Crippen molar-refractivity contribution >= 4 is 17.3 Å². The highest BCUT2D eigenvalue weighted by atomic mass is 32.1. The van der Waals surface area contributed by atoms with Gasteiger partial charge in [-0.05, 0) is 19.1 Å². The Kier molecular flexibility index (Phi) is 5.63. The standard InChI is InChI=1S/C18H20N4OS/c1-2-19-18(21-12-16-9-6-10-23-16)20-11-15-13-24-17(22-15)14-7-4-3-5-8-14/h3-10,13H,2,11-12H2,1H3,(H2,19,20,21). The summed E-state index contributed by atoms with van der Waals surface area (Å²) >= 11 is 1.64. The van der Waals surface area contributed by atoms with E-state index in [4.69, 9.17) is 4.42 Å². The van der Waals surface area contributed by atoms with E-state index in [1.807, 2.05) is 37.3 Å². The average Bonchev–Trinajstić information content (AvgIpc) is 3.30. The number of guanidine groups is 1. The molecule has 0 amide bonds. The number of hydrogen-bond donors (Lipinski definition) is 2. The lowest BCUT2D eigenvalue weighted by Crippen LogP contribution is -2.36. The van der Waals surface area contributed by atoms with Gasteiger partial charge in [0, 0.05) is 17.5 Å². The number of furan rings is 1. The van der Waals surface area contributed by atoms with Crippen LogP contribution in [0.1, 0.15) is 18.4 Å². The summed E-state index contributed by atoms with van der Waals surface area (Å²) in [5.41, 5.74) is 2.11. The molecule has 3 rings (SSSR count). The Hall–Kier alpha value is -2.60. The lowest BCUT2D eigenvalue weighted by Gasteiger charge is -2.09. The number of nitrogens with zero attached hydrogens (tertiary/aromatic N) is 2. The molecule has 2 N–H and O–H groups in total. The van der Waals surface area contributed by atoms with Gasteiger partial charge in [0.25, 0.3) is 0 Å². The lowest BCUT2D eigenvalue weighted by atomic mass is 10.2. The van der Waals surface area contributed by atoms with Crippen molar-refractivity contribution in [2.24, 2.45) is 4.99 Å². The number of nitrogens with one attached hydrogen (secondary N) is 2. The van der Waals surface area contributed by atoms with Gasteiger partial charge in [0.05, 0.1) is 25.0 Å². The van der Waals surface area contributed by atoms with Gasteiger partial charge in [-0.25, -0.2) is 9.98 Å². The Morgan fingerprint density at radius 2 is 2.04 bits per heavy atom. The second kappa shape index (κ2) is 8.31. The van der Waals surface area contributed by atoms with Crippen LogP contribution < -0.4 is 10.6 Å². The van der Waals surface area contributed by atoms with E-state index in [1.165, 1.54) is 0 Å². The molecule has 0 spiro atoms. The minimum atomic E-state index is 0.539. The zero-order valence-electron chi connectivity index (χ0n) is 13.5. The maximum Gasteiger partial charge on any atom is 0.192 e. The molecule has 0 fully saturated rings. The van der Waals surface area contributed by atoms with Crippen LogP contribution in [-0.2, 0) is 13.1 Å². The van der Waals surface area contributed by atoms with Crippen LogP contribution in [0.4, 0.5) is 0 Å². The van der Waals surface area contributed by atoms with Gasteiger partial charge in [-0.2, -0.15) is 0 Å². The molecule has 0 atom stereocenters. The largest absolute Gasteiger partial charge is 0.467 e. The zero-order chi connectivity index (χ0) is 16.6. The van der Waals surface area contributed by atoms with E-state index in [2.05, 4.69) is 38.1 Å². The highest BCUT2D eigenvalue weighted by Crippen LogP contribution is 2.23. The predicted octanol–water partition coefficient (Wildman–Crippen LogP) is 3.66. The van der Waals surface area contributed by atoms with Gasteiger partial charge in [-0.15, -0.1) is 11.3 Å². The van der Waals surface area contributed by atoms with Crippen LogP contribution in [0.3, 0.4) is 0 Å². The quantitative estimate of drug-likeness (QED) is 0.531. The van der Waals surface area contributed by atoms with Crippen LogP contribution in [0.15, 0.2) is 63.5 Å². The predicted molar refractivity (Wildman–Crippen MR) is 97.9 cm³/mol. The molecular weight excluding hydrogens is 320 g/mol. The number of rotatable bonds is 6. The Bertz CT molecular complexity index is 765. The highest BCUT2D eigenvalue weighted by molar-refractivity contribution is 7.13.